The maximum Gasteiger partial charge on any atom is 0.231 e. The molecular weight excluding hydrogens is 276 g/mol. The van der Waals surface area contributed by atoms with Crippen molar-refractivity contribution >= 4 is 5.91 Å². The predicted molar refractivity (Wildman–Crippen MR) is 83.9 cm³/mol. The summed E-state index contributed by atoms with van der Waals surface area (Å²) in [4.78, 5) is 16.3. The van der Waals surface area contributed by atoms with E-state index in [1.807, 2.05) is 55.7 Å². The minimum absolute atomic E-state index is 0.415. The molecule has 0 spiro atoms. The first-order valence-electron chi connectivity index (χ1n) is 6.94. The van der Waals surface area contributed by atoms with E-state index in [4.69, 9.17) is 5.73 Å². The third-order valence-corrected chi connectivity index (χ3v) is 3.53. The lowest BCUT2D eigenvalue weighted by atomic mass is 9.93. The average molecular weight is 292 g/mol. The van der Waals surface area contributed by atoms with Gasteiger partial charge < -0.3 is 5.73 Å². The van der Waals surface area contributed by atoms with Crippen molar-refractivity contribution in [1.82, 2.24) is 14.8 Å². The van der Waals surface area contributed by atoms with Gasteiger partial charge in [0.2, 0.25) is 5.91 Å². The summed E-state index contributed by atoms with van der Waals surface area (Å²) in [5.74, 6) is -0.972. The Balaban J connectivity index is 2.04. The van der Waals surface area contributed by atoms with Crippen LogP contribution in [-0.4, -0.2) is 20.7 Å². The molecule has 5 heteroatoms. The summed E-state index contributed by atoms with van der Waals surface area (Å²) in [5.41, 5.74) is 9.01. The van der Waals surface area contributed by atoms with E-state index in [0.29, 0.717) is 5.69 Å². The standard InChI is InChI=1S/C17H16N4O/c1-21-11-14(10-20-21)13-7-8-19-15(9-13)16(17(18)22)12-5-3-2-4-6-12/h2-11,16H,1H3,(H2,18,22). The van der Waals surface area contributed by atoms with Gasteiger partial charge >= 0.3 is 0 Å². The predicted octanol–water partition coefficient (Wildman–Crippen LogP) is 2.10. The van der Waals surface area contributed by atoms with Gasteiger partial charge in [-0.05, 0) is 23.3 Å². The van der Waals surface area contributed by atoms with Gasteiger partial charge in [0, 0.05) is 25.0 Å². The molecule has 1 unspecified atom stereocenters. The van der Waals surface area contributed by atoms with E-state index < -0.39 is 11.8 Å². The fraction of sp³-hybridized carbons (Fsp3) is 0.118. The maximum absolute atomic E-state index is 11.9. The molecule has 0 saturated carbocycles. The summed E-state index contributed by atoms with van der Waals surface area (Å²) < 4.78 is 1.73. The summed E-state index contributed by atoms with van der Waals surface area (Å²) in [6.07, 6.45) is 5.39. The van der Waals surface area contributed by atoms with Crippen LogP contribution in [0.25, 0.3) is 11.1 Å². The number of benzene rings is 1. The highest BCUT2D eigenvalue weighted by molar-refractivity contribution is 5.85. The van der Waals surface area contributed by atoms with Gasteiger partial charge in [-0.25, -0.2) is 0 Å². The fourth-order valence-corrected chi connectivity index (χ4v) is 2.48. The lowest BCUT2D eigenvalue weighted by Gasteiger charge is -2.14. The van der Waals surface area contributed by atoms with E-state index in [-0.39, 0.29) is 0 Å². The second-order valence-corrected chi connectivity index (χ2v) is 5.12. The monoisotopic (exact) mass is 292 g/mol. The molecule has 0 aliphatic carbocycles. The second kappa shape index (κ2) is 5.81. The SMILES string of the molecule is Cn1cc(-c2ccnc(C(C(N)=O)c3ccccc3)c2)cn1. The highest BCUT2D eigenvalue weighted by atomic mass is 16.1. The molecule has 2 N–H and O–H groups in total. The number of primary amides is 1. The number of hydrogen-bond donors (Lipinski definition) is 1. The smallest absolute Gasteiger partial charge is 0.231 e. The Hall–Kier alpha value is -2.95. The van der Waals surface area contributed by atoms with Gasteiger partial charge in [0.05, 0.1) is 11.9 Å². The second-order valence-electron chi connectivity index (χ2n) is 5.12. The van der Waals surface area contributed by atoms with Gasteiger partial charge in [0.25, 0.3) is 0 Å². The van der Waals surface area contributed by atoms with Crippen molar-refractivity contribution < 1.29 is 4.79 Å². The van der Waals surface area contributed by atoms with E-state index >= 15 is 0 Å². The van der Waals surface area contributed by atoms with Crippen molar-refractivity contribution in [3.8, 4) is 11.1 Å². The highest BCUT2D eigenvalue weighted by Crippen LogP contribution is 2.26. The summed E-state index contributed by atoms with van der Waals surface area (Å²) in [6, 6.07) is 13.2. The highest BCUT2D eigenvalue weighted by Gasteiger charge is 2.21. The number of aryl methyl sites for hydroxylation is 1. The molecule has 0 saturated heterocycles. The van der Waals surface area contributed by atoms with Gasteiger partial charge in [-0.2, -0.15) is 5.10 Å². The van der Waals surface area contributed by atoms with Crippen molar-refractivity contribution in [1.29, 1.82) is 0 Å². The minimum Gasteiger partial charge on any atom is -0.369 e. The molecule has 0 aliphatic heterocycles. The number of hydrogen-bond acceptors (Lipinski definition) is 3. The van der Waals surface area contributed by atoms with Crippen molar-refractivity contribution in [2.45, 2.75) is 5.92 Å². The van der Waals surface area contributed by atoms with Crippen LogP contribution in [0.1, 0.15) is 17.2 Å². The lowest BCUT2D eigenvalue weighted by Crippen LogP contribution is -2.23. The van der Waals surface area contributed by atoms with Gasteiger partial charge in [0.15, 0.2) is 0 Å². The Bertz CT molecular complexity index is 795. The Labute approximate surface area is 128 Å². The molecule has 1 amide bonds. The number of pyridine rings is 1. The molecule has 110 valence electrons. The molecule has 1 atom stereocenters. The number of carbonyl (C=O) groups excluding carboxylic acids is 1. The van der Waals surface area contributed by atoms with Crippen LogP contribution < -0.4 is 5.73 Å². The third-order valence-electron chi connectivity index (χ3n) is 3.53. The lowest BCUT2D eigenvalue weighted by molar-refractivity contribution is -0.118. The molecule has 3 rings (SSSR count). The van der Waals surface area contributed by atoms with Crippen molar-refractivity contribution in [2.75, 3.05) is 0 Å². The van der Waals surface area contributed by atoms with E-state index in [1.165, 1.54) is 0 Å². The molecular formula is C17H16N4O. The van der Waals surface area contributed by atoms with Gasteiger partial charge in [-0.1, -0.05) is 30.3 Å². The van der Waals surface area contributed by atoms with Crippen LogP contribution >= 0.6 is 0 Å². The summed E-state index contributed by atoms with van der Waals surface area (Å²) >= 11 is 0. The molecule has 2 aromatic heterocycles. The van der Waals surface area contributed by atoms with E-state index in [1.54, 1.807) is 17.1 Å². The zero-order chi connectivity index (χ0) is 15.5. The Morgan fingerprint density at radius 1 is 1.18 bits per heavy atom. The van der Waals surface area contributed by atoms with Crippen LogP contribution in [0, 0.1) is 0 Å². The van der Waals surface area contributed by atoms with Crippen LogP contribution in [0.2, 0.25) is 0 Å². The van der Waals surface area contributed by atoms with Crippen LogP contribution in [0.15, 0.2) is 61.1 Å². The minimum atomic E-state index is -0.558. The maximum atomic E-state index is 11.9. The third kappa shape index (κ3) is 2.74. The van der Waals surface area contributed by atoms with E-state index in [9.17, 15) is 4.79 Å². The number of carbonyl (C=O) groups is 1. The fourth-order valence-electron chi connectivity index (χ4n) is 2.48. The van der Waals surface area contributed by atoms with Gasteiger partial charge in [-0.3, -0.25) is 14.5 Å². The first kappa shape index (κ1) is 14.0. The molecule has 1 aromatic carbocycles. The van der Waals surface area contributed by atoms with Crippen molar-refractivity contribution in [3.63, 3.8) is 0 Å². The van der Waals surface area contributed by atoms with Crippen molar-refractivity contribution in [2.24, 2.45) is 12.8 Å². The number of nitrogens with two attached hydrogens (primary N) is 1. The molecule has 2 heterocycles. The Morgan fingerprint density at radius 3 is 2.59 bits per heavy atom. The largest absolute Gasteiger partial charge is 0.369 e. The first-order chi connectivity index (χ1) is 10.6. The number of rotatable bonds is 4. The van der Waals surface area contributed by atoms with Crippen molar-refractivity contribution in [3.05, 3.63) is 72.3 Å². The van der Waals surface area contributed by atoms with Gasteiger partial charge in [-0.15, -0.1) is 0 Å². The number of aromatic nitrogens is 3. The number of amides is 1. The Kier molecular flexibility index (Phi) is 3.70. The van der Waals surface area contributed by atoms with Crippen LogP contribution in [0.4, 0.5) is 0 Å². The van der Waals surface area contributed by atoms with Gasteiger partial charge in [0.1, 0.15) is 5.92 Å². The normalized spacial score (nSPS) is 12.0. The molecule has 3 aromatic rings. The molecule has 0 aliphatic rings. The molecule has 5 nitrogen and oxygen atoms in total. The zero-order valence-electron chi connectivity index (χ0n) is 12.2. The zero-order valence-corrected chi connectivity index (χ0v) is 12.2. The Morgan fingerprint density at radius 2 is 1.95 bits per heavy atom. The summed E-state index contributed by atoms with van der Waals surface area (Å²) in [6.45, 7) is 0. The molecule has 0 radical (unpaired) electrons. The summed E-state index contributed by atoms with van der Waals surface area (Å²) in [7, 11) is 1.86. The quantitative estimate of drug-likeness (QED) is 0.800. The number of nitrogens with zero attached hydrogens (tertiary/aromatic N) is 3. The average Bonchev–Trinajstić information content (AvgIpc) is 2.95. The van der Waals surface area contributed by atoms with Crippen LogP contribution in [-0.2, 0) is 11.8 Å². The van der Waals surface area contributed by atoms with E-state index in [2.05, 4.69) is 10.1 Å². The molecule has 0 fully saturated rings. The topological polar surface area (TPSA) is 73.8 Å². The molecule has 22 heavy (non-hydrogen) atoms. The van der Waals surface area contributed by atoms with Crippen LogP contribution in [0.5, 0.6) is 0 Å². The first-order valence-corrected chi connectivity index (χ1v) is 6.94. The van der Waals surface area contributed by atoms with Crippen LogP contribution in [0.3, 0.4) is 0 Å². The summed E-state index contributed by atoms with van der Waals surface area (Å²) in [5, 5.41) is 4.17. The molecule has 0 bridgehead atoms. The van der Waals surface area contributed by atoms with E-state index in [0.717, 1.165) is 16.7 Å².